The van der Waals surface area contributed by atoms with Gasteiger partial charge in [-0.2, -0.15) is 0 Å². The van der Waals surface area contributed by atoms with Crippen LogP contribution in [0.3, 0.4) is 0 Å². The van der Waals surface area contributed by atoms with E-state index in [-0.39, 0.29) is 6.04 Å². The third-order valence-electron chi connectivity index (χ3n) is 5.21. The van der Waals surface area contributed by atoms with Crippen molar-refractivity contribution >= 4 is 17.1 Å². The van der Waals surface area contributed by atoms with Crippen LogP contribution in [0.4, 0.5) is 5.69 Å². The van der Waals surface area contributed by atoms with Crippen molar-refractivity contribution in [2.75, 3.05) is 14.2 Å². The molecule has 0 fully saturated rings. The minimum Gasteiger partial charge on any atom is -0.497 e. The molecule has 0 spiro atoms. The Morgan fingerprint density at radius 1 is 1.00 bits per heavy atom. The summed E-state index contributed by atoms with van der Waals surface area (Å²) in [6.07, 6.45) is 4.95. The first-order valence-electron chi connectivity index (χ1n) is 10.1. The van der Waals surface area contributed by atoms with E-state index in [9.17, 15) is 0 Å². The molecule has 1 heterocycles. The quantitative estimate of drug-likeness (QED) is 0.590. The van der Waals surface area contributed by atoms with Crippen LogP contribution in [0, 0.1) is 6.92 Å². The fraction of sp³-hybridized carbons (Fsp3) is 0.320. The van der Waals surface area contributed by atoms with Crippen LogP contribution in [-0.2, 0) is 4.74 Å². The van der Waals surface area contributed by atoms with Crippen LogP contribution < -0.4 is 4.74 Å². The van der Waals surface area contributed by atoms with Gasteiger partial charge in [0.15, 0.2) is 0 Å². The molecule has 1 aromatic carbocycles. The summed E-state index contributed by atoms with van der Waals surface area (Å²) in [5.41, 5.74) is 6.65. The molecule has 0 amide bonds. The Kier molecular flexibility index (Phi) is 6.83. The molecular weight excluding hydrogens is 374 g/mol. The molecule has 1 aliphatic rings. The fourth-order valence-electron chi connectivity index (χ4n) is 3.35. The van der Waals surface area contributed by atoms with Gasteiger partial charge in [-0.1, -0.05) is 6.07 Å². The van der Waals surface area contributed by atoms with Crippen molar-refractivity contribution in [2.45, 2.75) is 40.2 Å². The van der Waals surface area contributed by atoms with Crippen LogP contribution in [-0.4, -0.2) is 36.7 Å². The molecule has 0 saturated heterocycles. The van der Waals surface area contributed by atoms with E-state index < -0.39 is 0 Å². The minimum atomic E-state index is 0.117. The first-order chi connectivity index (χ1) is 14.4. The second kappa shape index (κ2) is 9.53. The number of ether oxygens (including phenoxy) is 2. The lowest BCUT2D eigenvalue weighted by Crippen LogP contribution is -2.14. The van der Waals surface area contributed by atoms with E-state index in [4.69, 9.17) is 24.4 Å². The standard InChI is InChI=1S/C25H29N3O2/c1-16-14-20(29-5)10-12-22(16)26-18(3)24-8-7-9-25(28-24)19(4)27-23-13-11-21(30-6)15-17(23)2/h7-12,14-15,23H,13H2,1-6H3. The molecule has 5 nitrogen and oxygen atoms in total. The summed E-state index contributed by atoms with van der Waals surface area (Å²) in [7, 11) is 3.36. The summed E-state index contributed by atoms with van der Waals surface area (Å²) >= 11 is 0. The monoisotopic (exact) mass is 403 g/mol. The van der Waals surface area contributed by atoms with E-state index in [2.05, 4.69) is 13.0 Å². The number of nitrogens with zero attached hydrogens (tertiary/aromatic N) is 3. The highest BCUT2D eigenvalue weighted by molar-refractivity contribution is 6.01. The minimum absolute atomic E-state index is 0.117. The molecule has 0 aliphatic heterocycles. The van der Waals surface area contributed by atoms with Crippen LogP contribution in [0.25, 0.3) is 0 Å². The topological polar surface area (TPSA) is 56.1 Å². The molecule has 1 aromatic heterocycles. The molecule has 0 saturated carbocycles. The molecule has 3 rings (SSSR count). The number of hydrogen-bond donors (Lipinski definition) is 0. The van der Waals surface area contributed by atoms with Gasteiger partial charge in [0.2, 0.25) is 0 Å². The van der Waals surface area contributed by atoms with Gasteiger partial charge in [-0.15, -0.1) is 0 Å². The van der Waals surface area contributed by atoms with Gasteiger partial charge >= 0.3 is 0 Å². The zero-order valence-corrected chi connectivity index (χ0v) is 18.6. The van der Waals surface area contributed by atoms with Crippen LogP contribution in [0.2, 0.25) is 0 Å². The second-order valence-electron chi connectivity index (χ2n) is 7.42. The van der Waals surface area contributed by atoms with Gasteiger partial charge in [0, 0.05) is 0 Å². The molecular formula is C25H29N3O2. The van der Waals surface area contributed by atoms with Crippen molar-refractivity contribution in [1.82, 2.24) is 4.98 Å². The van der Waals surface area contributed by atoms with E-state index in [1.165, 1.54) is 5.57 Å². The fourth-order valence-corrected chi connectivity index (χ4v) is 3.35. The van der Waals surface area contributed by atoms with Crippen molar-refractivity contribution in [3.63, 3.8) is 0 Å². The summed E-state index contributed by atoms with van der Waals surface area (Å²) in [5.74, 6) is 1.73. The average molecular weight is 404 g/mol. The van der Waals surface area contributed by atoms with Crippen LogP contribution in [0.5, 0.6) is 5.75 Å². The number of pyridine rings is 1. The maximum absolute atomic E-state index is 5.32. The largest absolute Gasteiger partial charge is 0.497 e. The number of rotatable bonds is 6. The summed E-state index contributed by atoms with van der Waals surface area (Å²) < 4.78 is 10.6. The van der Waals surface area contributed by atoms with E-state index >= 15 is 0 Å². The average Bonchev–Trinajstić information content (AvgIpc) is 2.76. The highest BCUT2D eigenvalue weighted by Crippen LogP contribution is 2.25. The van der Waals surface area contributed by atoms with E-state index in [0.29, 0.717) is 0 Å². The number of aromatic nitrogens is 1. The van der Waals surface area contributed by atoms with Gasteiger partial charge < -0.3 is 9.47 Å². The Hall–Kier alpha value is -3.21. The number of allylic oxidation sites excluding steroid dienone is 1. The molecule has 156 valence electrons. The molecule has 0 radical (unpaired) electrons. The van der Waals surface area contributed by atoms with Crippen molar-refractivity contribution < 1.29 is 9.47 Å². The van der Waals surface area contributed by atoms with Crippen molar-refractivity contribution in [3.05, 3.63) is 76.8 Å². The Morgan fingerprint density at radius 2 is 1.73 bits per heavy atom. The predicted octanol–water partition coefficient (Wildman–Crippen LogP) is 5.60. The van der Waals surface area contributed by atoms with Crippen molar-refractivity contribution in [3.8, 4) is 5.75 Å². The van der Waals surface area contributed by atoms with E-state index in [0.717, 1.165) is 52.0 Å². The zero-order valence-electron chi connectivity index (χ0n) is 18.6. The maximum Gasteiger partial charge on any atom is 0.119 e. The van der Waals surface area contributed by atoms with E-state index in [1.807, 2.05) is 63.2 Å². The zero-order chi connectivity index (χ0) is 21.7. The first kappa shape index (κ1) is 21.5. The molecule has 0 bridgehead atoms. The Morgan fingerprint density at radius 3 is 2.37 bits per heavy atom. The lowest BCUT2D eigenvalue weighted by Gasteiger charge is -2.18. The lowest BCUT2D eigenvalue weighted by molar-refractivity contribution is 0.302. The van der Waals surface area contributed by atoms with Gasteiger partial charge in [0.05, 0.1) is 48.8 Å². The maximum atomic E-state index is 5.32. The smallest absolute Gasteiger partial charge is 0.119 e. The van der Waals surface area contributed by atoms with Crippen molar-refractivity contribution in [2.24, 2.45) is 9.98 Å². The molecule has 1 atom stereocenters. The molecule has 30 heavy (non-hydrogen) atoms. The first-order valence-corrected chi connectivity index (χ1v) is 10.1. The Labute approximate surface area is 178 Å². The van der Waals surface area contributed by atoms with Gasteiger partial charge in [0.25, 0.3) is 0 Å². The van der Waals surface area contributed by atoms with Crippen molar-refractivity contribution in [1.29, 1.82) is 0 Å². The highest BCUT2D eigenvalue weighted by Gasteiger charge is 2.15. The Balaban J connectivity index is 1.84. The van der Waals surface area contributed by atoms with Gasteiger partial charge in [-0.3, -0.25) is 9.98 Å². The highest BCUT2D eigenvalue weighted by atomic mass is 16.5. The van der Waals surface area contributed by atoms with Gasteiger partial charge in [-0.05, 0) is 87.7 Å². The number of methoxy groups -OCH3 is 2. The predicted molar refractivity (Wildman–Crippen MR) is 123 cm³/mol. The van der Waals surface area contributed by atoms with Crippen LogP contribution >= 0.6 is 0 Å². The van der Waals surface area contributed by atoms with Crippen LogP contribution in [0.1, 0.15) is 44.1 Å². The molecule has 0 N–H and O–H groups in total. The SMILES string of the molecule is COC1=CCC(N=C(C)c2cccc(C(C)=Nc3ccc(OC)cc3C)n2)C(C)=C1. The number of aryl methyl sites for hydroxylation is 1. The van der Waals surface area contributed by atoms with E-state index in [1.54, 1.807) is 14.2 Å². The molecule has 1 aliphatic carbocycles. The molecule has 1 unspecified atom stereocenters. The molecule has 2 aromatic rings. The summed E-state index contributed by atoms with van der Waals surface area (Å²) in [6.45, 7) is 8.10. The lowest BCUT2D eigenvalue weighted by atomic mass is 9.99. The van der Waals surface area contributed by atoms with Gasteiger partial charge in [0.1, 0.15) is 11.5 Å². The summed E-state index contributed by atoms with van der Waals surface area (Å²) in [6, 6.07) is 12.0. The number of benzene rings is 1. The molecule has 5 heteroatoms. The summed E-state index contributed by atoms with van der Waals surface area (Å²) in [4.78, 5) is 14.5. The summed E-state index contributed by atoms with van der Waals surface area (Å²) in [5, 5.41) is 0. The third-order valence-corrected chi connectivity index (χ3v) is 5.21. The second-order valence-corrected chi connectivity index (χ2v) is 7.42. The Bertz CT molecular complexity index is 1050. The normalized spacial score (nSPS) is 17.3. The van der Waals surface area contributed by atoms with Gasteiger partial charge in [-0.25, -0.2) is 4.98 Å². The van der Waals surface area contributed by atoms with Crippen LogP contribution in [0.15, 0.2) is 69.9 Å². The number of hydrogen-bond acceptors (Lipinski definition) is 5. The number of aliphatic imine (C=N–C) groups is 2. The third kappa shape index (κ3) is 5.03.